The predicted octanol–water partition coefficient (Wildman–Crippen LogP) is 4.25. The van der Waals surface area contributed by atoms with Crippen LogP contribution in [0.5, 0.6) is 5.75 Å². The van der Waals surface area contributed by atoms with Gasteiger partial charge in [0.15, 0.2) is 0 Å². The molecule has 0 radical (unpaired) electrons. The maximum atomic E-state index is 12.1. The van der Waals surface area contributed by atoms with Crippen molar-refractivity contribution >= 4 is 17.3 Å². The van der Waals surface area contributed by atoms with E-state index in [4.69, 9.17) is 14.0 Å². The maximum absolute atomic E-state index is 12.1. The Morgan fingerprint density at radius 3 is 2.58 bits per heavy atom. The molecule has 3 rings (SSSR count). The number of carbonyl (C=O) groups excluding carboxylic acids is 1. The van der Waals surface area contributed by atoms with E-state index >= 15 is 0 Å². The summed E-state index contributed by atoms with van der Waals surface area (Å²) in [6.07, 6.45) is 0.883. The molecule has 0 N–H and O–H groups in total. The van der Waals surface area contributed by atoms with Gasteiger partial charge in [0.05, 0.1) is 27.5 Å². The lowest BCUT2D eigenvalue weighted by molar-refractivity contribution is 0.0468. The minimum atomic E-state index is -0.381. The Kier molecular flexibility index (Phi) is 5.68. The third kappa shape index (κ3) is 4.29. The van der Waals surface area contributed by atoms with Crippen molar-refractivity contribution < 1.29 is 18.8 Å². The van der Waals surface area contributed by atoms with Gasteiger partial charge < -0.3 is 14.0 Å². The Hall–Kier alpha value is -2.67. The maximum Gasteiger partial charge on any atom is 0.338 e. The molecule has 136 valence electrons. The van der Waals surface area contributed by atoms with Crippen molar-refractivity contribution in [1.82, 2.24) is 10.1 Å². The van der Waals surface area contributed by atoms with Gasteiger partial charge in [0, 0.05) is 5.38 Å². The number of rotatable bonds is 7. The first-order chi connectivity index (χ1) is 12.6. The lowest BCUT2D eigenvalue weighted by Crippen LogP contribution is -2.05. The van der Waals surface area contributed by atoms with Crippen LogP contribution in [0.25, 0.3) is 0 Å². The summed E-state index contributed by atoms with van der Waals surface area (Å²) in [6.45, 7) is 6.32. The summed E-state index contributed by atoms with van der Waals surface area (Å²) in [5.41, 5.74) is 3.00. The van der Waals surface area contributed by atoms with Crippen LogP contribution in [-0.2, 0) is 24.4 Å². The molecule has 2 aromatic heterocycles. The molecule has 7 heteroatoms. The van der Waals surface area contributed by atoms with Gasteiger partial charge in [-0.05, 0) is 44.5 Å². The zero-order valence-corrected chi connectivity index (χ0v) is 15.8. The molecular weight excluding hydrogens is 352 g/mol. The highest BCUT2D eigenvalue weighted by atomic mass is 32.1. The predicted molar refractivity (Wildman–Crippen MR) is 97.4 cm³/mol. The number of carbonyl (C=O) groups is 1. The van der Waals surface area contributed by atoms with E-state index in [1.807, 2.05) is 26.2 Å². The minimum absolute atomic E-state index is 0.180. The van der Waals surface area contributed by atoms with Crippen molar-refractivity contribution in [3.05, 3.63) is 62.9 Å². The standard InChI is InChI=1S/C19H20N2O4S/c1-4-18-20-15(11-26-18)9-24-19(22)14-5-7-16(8-6-14)23-10-17-12(2)21-25-13(17)3/h5-8,11H,4,9-10H2,1-3H3. The molecule has 0 spiro atoms. The van der Waals surface area contributed by atoms with Crippen molar-refractivity contribution in [2.45, 2.75) is 40.4 Å². The van der Waals surface area contributed by atoms with Crippen molar-refractivity contribution in [2.75, 3.05) is 0 Å². The number of esters is 1. The molecule has 0 bridgehead atoms. The van der Waals surface area contributed by atoms with Gasteiger partial charge >= 0.3 is 5.97 Å². The smallest absolute Gasteiger partial charge is 0.338 e. The van der Waals surface area contributed by atoms with Gasteiger partial charge in [-0.25, -0.2) is 9.78 Å². The quantitative estimate of drug-likeness (QED) is 0.577. The van der Waals surface area contributed by atoms with Crippen molar-refractivity contribution in [2.24, 2.45) is 0 Å². The topological polar surface area (TPSA) is 74.5 Å². The largest absolute Gasteiger partial charge is 0.489 e. The lowest BCUT2D eigenvalue weighted by Gasteiger charge is -2.07. The first kappa shape index (κ1) is 18.1. The van der Waals surface area contributed by atoms with E-state index in [0.29, 0.717) is 17.9 Å². The molecular formula is C19H20N2O4S. The molecule has 1 aromatic carbocycles. The second kappa shape index (κ2) is 8.14. The van der Waals surface area contributed by atoms with Crippen LogP contribution in [0, 0.1) is 13.8 Å². The van der Waals surface area contributed by atoms with Crippen molar-refractivity contribution in [3.63, 3.8) is 0 Å². The summed E-state index contributed by atoms with van der Waals surface area (Å²) in [7, 11) is 0. The van der Waals surface area contributed by atoms with Crippen LogP contribution in [0.4, 0.5) is 0 Å². The minimum Gasteiger partial charge on any atom is -0.489 e. The fourth-order valence-corrected chi connectivity index (χ4v) is 3.08. The van der Waals surface area contributed by atoms with Gasteiger partial charge in [-0.1, -0.05) is 12.1 Å². The van der Waals surface area contributed by atoms with E-state index < -0.39 is 0 Å². The second-order valence-electron chi connectivity index (χ2n) is 5.78. The molecule has 0 atom stereocenters. The molecule has 0 saturated carbocycles. The zero-order valence-electron chi connectivity index (χ0n) is 14.9. The molecule has 26 heavy (non-hydrogen) atoms. The van der Waals surface area contributed by atoms with Gasteiger partial charge in [0.1, 0.15) is 24.7 Å². The third-order valence-electron chi connectivity index (χ3n) is 3.91. The number of aryl methyl sites for hydroxylation is 3. The van der Waals surface area contributed by atoms with Gasteiger partial charge in [-0.2, -0.15) is 0 Å². The average molecular weight is 372 g/mol. The summed E-state index contributed by atoms with van der Waals surface area (Å²) in [5.74, 6) is 1.03. The monoisotopic (exact) mass is 372 g/mol. The molecule has 0 amide bonds. The number of aromatic nitrogens is 2. The molecule has 0 aliphatic carbocycles. The summed E-state index contributed by atoms with van der Waals surface area (Å²) in [6, 6.07) is 6.85. The number of thiazole rings is 1. The van der Waals surface area contributed by atoms with Gasteiger partial charge in [0.25, 0.3) is 0 Å². The van der Waals surface area contributed by atoms with Crippen molar-refractivity contribution in [1.29, 1.82) is 0 Å². The highest BCUT2D eigenvalue weighted by Gasteiger charge is 2.11. The molecule has 0 saturated heterocycles. The Bertz CT molecular complexity index is 864. The highest BCUT2D eigenvalue weighted by molar-refractivity contribution is 7.09. The molecule has 0 unspecified atom stereocenters. The molecule has 0 aliphatic heterocycles. The van der Waals surface area contributed by atoms with E-state index in [2.05, 4.69) is 10.1 Å². The van der Waals surface area contributed by atoms with E-state index in [1.165, 1.54) is 0 Å². The first-order valence-electron chi connectivity index (χ1n) is 8.31. The van der Waals surface area contributed by atoms with Gasteiger partial charge in [-0.15, -0.1) is 11.3 Å². The lowest BCUT2D eigenvalue weighted by atomic mass is 10.2. The third-order valence-corrected chi connectivity index (χ3v) is 4.95. The first-order valence-corrected chi connectivity index (χ1v) is 9.19. The van der Waals surface area contributed by atoms with Crippen LogP contribution in [0.1, 0.15) is 45.0 Å². The Morgan fingerprint density at radius 1 is 1.19 bits per heavy atom. The molecule has 2 heterocycles. The highest BCUT2D eigenvalue weighted by Crippen LogP contribution is 2.18. The van der Waals surface area contributed by atoms with Gasteiger partial charge in [-0.3, -0.25) is 0 Å². The van der Waals surface area contributed by atoms with Crippen LogP contribution in [0.15, 0.2) is 34.2 Å². The number of hydrogen-bond acceptors (Lipinski definition) is 7. The summed E-state index contributed by atoms with van der Waals surface area (Å²) < 4.78 is 16.1. The Labute approximate surface area is 155 Å². The molecule has 6 nitrogen and oxygen atoms in total. The number of benzene rings is 1. The summed E-state index contributed by atoms with van der Waals surface area (Å²) >= 11 is 1.58. The number of hydrogen-bond donors (Lipinski definition) is 0. The summed E-state index contributed by atoms with van der Waals surface area (Å²) in [5, 5.41) is 6.85. The number of nitrogens with zero attached hydrogens (tertiary/aromatic N) is 2. The molecule has 0 fully saturated rings. The summed E-state index contributed by atoms with van der Waals surface area (Å²) in [4.78, 5) is 16.5. The Morgan fingerprint density at radius 2 is 1.96 bits per heavy atom. The zero-order chi connectivity index (χ0) is 18.5. The van der Waals surface area contributed by atoms with E-state index in [0.717, 1.165) is 34.1 Å². The second-order valence-corrected chi connectivity index (χ2v) is 6.72. The normalized spacial score (nSPS) is 10.7. The SMILES string of the molecule is CCc1nc(COC(=O)c2ccc(OCc3c(C)noc3C)cc2)cs1. The average Bonchev–Trinajstić information content (AvgIpc) is 3.25. The molecule has 3 aromatic rings. The van der Waals surface area contributed by atoms with Crippen molar-refractivity contribution in [3.8, 4) is 5.75 Å². The fourth-order valence-electron chi connectivity index (χ4n) is 2.35. The van der Waals surface area contributed by atoms with E-state index in [-0.39, 0.29) is 12.6 Å². The number of ether oxygens (including phenoxy) is 2. The van der Waals surface area contributed by atoms with Crippen LogP contribution < -0.4 is 4.74 Å². The van der Waals surface area contributed by atoms with Crippen LogP contribution in [0.2, 0.25) is 0 Å². The fraction of sp³-hybridized carbons (Fsp3) is 0.316. The van der Waals surface area contributed by atoms with Gasteiger partial charge in [0.2, 0.25) is 0 Å². The van der Waals surface area contributed by atoms with Crippen LogP contribution in [0.3, 0.4) is 0 Å². The Balaban J connectivity index is 1.54. The van der Waals surface area contributed by atoms with E-state index in [9.17, 15) is 4.79 Å². The van der Waals surface area contributed by atoms with Crippen LogP contribution >= 0.6 is 11.3 Å². The van der Waals surface area contributed by atoms with Crippen LogP contribution in [-0.4, -0.2) is 16.1 Å². The molecule has 0 aliphatic rings. The van der Waals surface area contributed by atoms with E-state index in [1.54, 1.807) is 35.6 Å².